The van der Waals surface area contributed by atoms with Crippen LogP contribution in [0.4, 0.5) is 4.39 Å². The normalized spacial score (nSPS) is 17.1. The predicted molar refractivity (Wildman–Crippen MR) is 76.9 cm³/mol. The number of carbonyl (C=O) groups is 1. The number of carbonyl (C=O) groups excluding carboxylic acids is 1. The van der Waals surface area contributed by atoms with E-state index in [-0.39, 0.29) is 17.0 Å². The number of Topliss-reactive ketones (excluding diaryl/α,β-unsaturated/α-hetero) is 1. The van der Waals surface area contributed by atoms with E-state index in [0.29, 0.717) is 12.0 Å². The van der Waals surface area contributed by atoms with Gasteiger partial charge in [-0.15, -0.1) is 0 Å². The topological polar surface area (TPSA) is 22.0 Å². The molecule has 3 heteroatoms. The fourth-order valence-corrected chi connectivity index (χ4v) is 2.92. The summed E-state index contributed by atoms with van der Waals surface area (Å²) in [6, 6.07) is 7.05. The van der Waals surface area contributed by atoms with Crippen molar-refractivity contribution < 1.29 is 9.18 Å². The molecule has 3 rings (SSSR count). The first-order valence-electron chi connectivity index (χ1n) is 6.87. The summed E-state index contributed by atoms with van der Waals surface area (Å²) < 4.78 is 15.7. The van der Waals surface area contributed by atoms with Gasteiger partial charge in [0.15, 0.2) is 5.78 Å². The van der Waals surface area contributed by atoms with Crippen LogP contribution in [0.1, 0.15) is 41.9 Å². The summed E-state index contributed by atoms with van der Waals surface area (Å²) in [5.41, 5.74) is 3.15. The highest BCUT2D eigenvalue weighted by Gasteiger charge is 2.33. The van der Waals surface area contributed by atoms with Gasteiger partial charge >= 0.3 is 0 Å². The molecule has 1 heterocycles. The fraction of sp³-hybridized carbons (Fsp3) is 0.353. The number of nitrogens with zero attached hydrogens (tertiary/aromatic N) is 1. The number of fused-ring (bicyclic) bond motifs is 1. The van der Waals surface area contributed by atoms with Crippen molar-refractivity contribution in [2.45, 2.75) is 33.6 Å². The van der Waals surface area contributed by atoms with E-state index in [0.717, 1.165) is 23.4 Å². The van der Waals surface area contributed by atoms with Crippen molar-refractivity contribution in [2.75, 3.05) is 0 Å². The third kappa shape index (κ3) is 2.07. The number of hydrogen-bond acceptors (Lipinski definition) is 1. The lowest BCUT2D eigenvalue weighted by atomic mass is 9.76. The van der Waals surface area contributed by atoms with Crippen molar-refractivity contribution in [2.24, 2.45) is 5.41 Å². The van der Waals surface area contributed by atoms with Gasteiger partial charge in [-0.3, -0.25) is 4.79 Å². The number of halogens is 1. The molecule has 2 aromatic rings. The number of hydrogen-bond donors (Lipinski definition) is 0. The van der Waals surface area contributed by atoms with Crippen molar-refractivity contribution in [3.63, 3.8) is 0 Å². The molecule has 0 fully saturated rings. The van der Waals surface area contributed by atoms with Crippen LogP contribution in [0.2, 0.25) is 0 Å². The van der Waals surface area contributed by atoms with Crippen LogP contribution in [0, 0.1) is 18.2 Å². The van der Waals surface area contributed by atoms with Gasteiger partial charge in [0.25, 0.3) is 0 Å². The van der Waals surface area contributed by atoms with Crippen LogP contribution < -0.4 is 0 Å². The highest BCUT2D eigenvalue weighted by atomic mass is 19.1. The summed E-state index contributed by atoms with van der Waals surface area (Å²) in [4.78, 5) is 12.2. The summed E-state index contributed by atoms with van der Waals surface area (Å²) in [6.45, 7) is 5.94. The van der Waals surface area contributed by atoms with Gasteiger partial charge < -0.3 is 4.57 Å². The Bertz CT molecular complexity index is 697. The van der Waals surface area contributed by atoms with E-state index < -0.39 is 0 Å². The highest BCUT2D eigenvalue weighted by molar-refractivity contribution is 5.99. The van der Waals surface area contributed by atoms with Crippen molar-refractivity contribution in [1.82, 2.24) is 4.57 Å². The van der Waals surface area contributed by atoms with Gasteiger partial charge in [-0.05, 0) is 42.5 Å². The van der Waals surface area contributed by atoms with E-state index in [1.807, 2.05) is 22.9 Å². The second kappa shape index (κ2) is 4.30. The summed E-state index contributed by atoms with van der Waals surface area (Å²) in [6.07, 6.45) is 3.27. The predicted octanol–water partition coefficient (Wildman–Crippen LogP) is 4.08. The van der Waals surface area contributed by atoms with Gasteiger partial charge in [0.1, 0.15) is 5.82 Å². The Kier molecular flexibility index (Phi) is 2.82. The maximum Gasteiger partial charge on any atom is 0.165 e. The molecule has 0 amide bonds. The average Bonchev–Trinajstić information content (AvgIpc) is 2.75. The molecule has 1 aromatic heterocycles. The van der Waals surface area contributed by atoms with Crippen molar-refractivity contribution in [1.29, 1.82) is 0 Å². The smallest absolute Gasteiger partial charge is 0.165 e. The van der Waals surface area contributed by atoms with E-state index in [1.54, 1.807) is 13.0 Å². The number of ketones is 1. The van der Waals surface area contributed by atoms with E-state index in [9.17, 15) is 9.18 Å². The van der Waals surface area contributed by atoms with Crippen LogP contribution in [-0.2, 0) is 6.42 Å². The zero-order valence-electron chi connectivity index (χ0n) is 12.0. The Morgan fingerprint density at radius 1 is 1.20 bits per heavy atom. The van der Waals surface area contributed by atoms with Gasteiger partial charge in [-0.2, -0.15) is 0 Å². The van der Waals surface area contributed by atoms with Crippen LogP contribution in [-0.4, -0.2) is 10.4 Å². The van der Waals surface area contributed by atoms with Crippen molar-refractivity contribution in [3.8, 4) is 5.69 Å². The van der Waals surface area contributed by atoms with Crippen LogP contribution >= 0.6 is 0 Å². The standard InChI is InChI=1S/C17H18FNO/c1-11-4-5-12(8-14(11)18)19-7-6-13-15(19)9-17(2,3)10-16(13)20/h4-8H,9-10H2,1-3H3. The molecule has 104 valence electrons. The Labute approximate surface area is 118 Å². The number of aromatic nitrogens is 1. The first-order chi connectivity index (χ1) is 9.37. The molecule has 2 nitrogen and oxygen atoms in total. The molecule has 0 aliphatic heterocycles. The van der Waals surface area contributed by atoms with Gasteiger partial charge in [0, 0.05) is 29.6 Å². The van der Waals surface area contributed by atoms with E-state index in [4.69, 9.17) is 0 Å². The van der Waals surface area contributed by atoms with Crippen molar-refractivity contribution >= 4 is 5.78 Å². The minimum atomic E-state index is -0.216. The third-order valence-corrected chi connectivity index (χ3v) is 4.01. The minimum Gasteiger partial charge on any atom is -0.320 e. The highest BCUT2D eigenvalue weighted by Crippen LogP contribution is 2.36. The third-order valence-electron chi connectivity index (χ3n) is 4.01. The number of aryl methyl sites for hydroxylation is 1. The molecule has 0 bridgehead atoms. The Morgan fingerprint density at radius 2 is 1.95 bits per heavy atom. The van der Waals surface area contributed by atoms with Crippen LogP contribution in [0.3, 0.4) is 0 Å². The first-order valence-corrected chi connectivity index (χ1v) is 6.87. The summed E-state index contributed by atoms with van der Waals surface area (Å²) in [5, 5.41) is 0. The second-order valence-corrected chi connectivity index (χ2v) is 6.42. The quantitative estimate of drug-likeness (QED) is 0.766. The molecule has 1 aliphatic rings. The van der Waals surface area contributed by atoms with Gasteiger partial charge in [0.2, 0.25) is 0 Å². The van der Waals surface area contributed by atoms with Gasteiger partial charge in [-0.25, -0.2) is 4.39 Å². The maximum atomic E-state index is 13.8. The lowest BCUT2D eigenvalue weighted by Crippen LogP contribution is -2.27. The molecule has 1 aliphatic carbocycles. The Hall–Kier alpha value is -1.90. The molecular formula is C17H18FNO. The molecule has 0 saturated heterocycles. The van der Waals surface area contributed by atoms with E-state index in [2.05, 4.69) is 13.8 Å². The van der Waals surface area contributed by atoms with E-state index in [1.165, 1.54) is 6.07 Å². The molecule has 0 unspecified atom stereocenters. The largest absolute Gasteiger partial charge is 0.320 e. The molecule has 20 heavy (non-hydrogen) atoms. The molecule has 1 aromatic carbocycles. The van der Waals surface area contributed by atoms with E-state index >= 15 is 0 Å². The zero-order valence-corrected chi connectivity index (χ0v) is 12.0. The lowest BCUT2D eigenvalue weighted by Gasteiger charge is -2.29. The maximum absolute atomic E-state index is 13.8. The molecule has 0 atom stereocenters. The molecule has 0 N–H and O–H groups in total. The summed E-state index contributed by atoms with van der Waals surface area (Å²) >= 11 is 0. The number of rotatable bonds is 1. The Balaban J connectivity index is 2.13. The van der Waals surface area contributed by atoms with Gasteiger partial charge in [-0.1, -0.05) is 19.9 Å². The van der Waals surface area contributed by atoms with Gasteiger partial charge in [0.05, 0.1) is 0 Å². The lowest BCUT2D eigenvalue weighted by molar-refractivity contribution is 0.0911. The summed E-state index contributed by atoms with van der Waals surface area (Å²) in [7, 11) is 0. The SMILES string of the molecule is Cc1ccc(-n2ccc3c2CC(C)(C)CC3=O)cc1F. The number of benzene rings is 1. The fourth-order valence-electron chi connectivity index (χ4n) is 2.92. The zero-order chi connectivity index (χ0) is 14.5. The van der Waals surface area contributed by atoms with Crippen LogP contribution in [0.15, 0.2) is 30.5 Å². The van der Waals surface area contributed by atoms with Crippen LogP contribution in [0.25, 0.3) is 5.69 Å². The summed E-state index contributed by atoms with van der Waals surface area (Å²) in [5.74, 6) is -0.0334. The molecule has 0 radical (unpaired) electrons. The molecule has 0 saturated carbocycles. The minimum absolute atomic E-state index is 0.0383. The average molecular weight is 271 g/mol. The molecule has 0 spiro atoms. The second-order valence-electron chi connectivity index (χ2n) is 6.42. The first kappa shape index (κ1) is 13.1. The Morgan fingerprint density at radius 3 is 2.65 bits per heavy atom. The monoisotopic (exact) mass is 271 g/mol. The molecular weight excluding hydrogens is 253 g/mol. The van der Waals surface area contributed by atoms with Crippen molar-refractivity contribution in [3.05, 3.63) is 53.1 Å². The van der Waals surface area contributed by atoms with Crippen LogP contribution in [0.5, 0.6) is 0 Å².